The monoisotopic (exact) mass is 292 g/mol. The fourth-order valence-electron chi connectivity index (χ4n) is 1.10. The molecule has 0 fully saturated rings. The minimum Gasteiger partial charge on any atom is -0.496 e. The minimum atomic E-state index is -1.44. The van der Waals surface area contributed by atoms with Crippen molar-refractivity contribution >= 4 is 35.2 Å². The lowest BCUT2D eigenvalue weighted by Crippen LogP contribution is -2.32. The molecule has 0 aliphatic carbocycles. The molecule has 1 rings (SSSR count). The Morgan fingerprint density at radius 2 is 2.00 bits per heavy atom. The van der Waals surface area contributed by atoms with Crippen LogP contribution in [0.4, 0.5) is 0 Å². The van der Waals surface area contributed by atoms with Crippen LogP contribution < -0.4 is 10.2 Å². The number of methoxy groups -OCH3 is 1. The molecule has 0 radical (unpaired) electrons. The third kappa shape index (κ3) is 2.35. The van der Waals surface area contributed by atoms with Crippen LogP contribution in [0.25, 0.3) is 0 Å². The summed E-state index contributed by atoms with van der Waals surface area (Å²) in [5, 5.41) is 18.1. The molecule has 0 amide bonds. The van der Waals surface area contributed by atoms with Crippen LogP contribution in [0.15, 0.2) is 12.1 Å². The quantitative estimate of drug-likeness (QED) is 0.608. The van der Waals surface area contributed by atoms with Crippen molar-refractivity contribution in [2.75, 3.05) is 7.11 Å². The second-order valence-electron chi connectivity index (χ2n) is 2.74. The summed E-state index contributed by atoms with van der Waals surface area (Å²) in [4.78, 5) is 0. The van der Waals surface area contributed by atoms with Crippen LogP contribution in [-0.4, -0.2) is 24.3 Å². The molecule has 0 unspecified atom stereocenters. The van der Waals surface area contributed by atoms with E-state index in [0.29, 0.717) is 11.2 Å². The van der Waals surface area contributed by atoms with Crippen LogP contribution >= 0.6 is 22.6 Å². The van der Waals surface area contributed by atoms with Gasteiger partial charge in [-0.2, -0.15) is 0 Å². The fourth-order valence-corrected chi connectivity index (χ4v) is 1.91. The maximum Gasteiger partial charge on any atom is 0.489 e. The van der Waals surface area contributed by atoms with E-state index in [4.69, 9.17) is 14.8 Å². The van der Waals surface area contributed by atoms with Gasteiger partial charge in [0.15, 0.2) is 0 Å². The second-order valence-corrected chi connectivity index (χ2v) is 3.82. The highest BCUT2D eigenvalue weighted by molar-refractivity contribution is 14.1. The van der Waals surface area contributed by atoms with Gasteiger partial charge in [0, 0.05) is 0 Å². The zero-order valence-electron chi connectivity index (χ0n) is 7.41. The molecular weight excluding hydrogens is 282 g/mol. The van der Waals surface area contributed by atoms with Crippen LogP contribution in [0.2, 0.25) is 0 Å². The molecule has 0 saturated heterocycles. The Balaban J connectivity index is 3.27. The first kappa shape index (κ1) is 10.8. The van der Waals surface area contributed by atoms with Gasteiger partial charge in [-0.25, -0.2) is 0 Å². The number of hydrogen-bond donors (Lipinski definition) is 2. The third-order valence-electron chi connectivity index (χ3n) is 1.71. The summed E-state index contributed by atoms with van der Waals surface area (Å²) >= 11 is 2.03. The average molecular weight is 292 g/mol. The number of ether oxygens (including phenoxy) is 1. The van der Waals surface area contributed by atoms with Crippen molar-refractivity contribution in [3.63, 3.8) is 0 Å². The van der Waals surface area contributed by atoms with Gasteiger partial charge in [-0.05, 0) is 46.6 Å². The van der Waals surface area contributed by atoms with Crippen molar-refractivity contribution in [3.05, 3.63) is 21.3 Å². The topological polar surface area (TPSA) is 49.7 Å². The number of benzene rings is 1. The van der Waals surface area contributed by atoms with E-state index >= 15 is 0 Å². The van der Waals surface area contributed by atoms with Gasteiger partial charge in [0.2, 0.25) is 0 Å². The summed E-state index contributed by atoms with van der Waals surface area (Å²) in [7, 11) is 0.116. The van der Waals surface area contributed by atoms with Crippen molar-refractivity contribution in [1.29, 1.82) is 0 Å². The Bertz CT molecular complexity index is 315. The first-order valence-corrected chi connectivity index (χ1v) is 4.84. The Kier molecular flexibility index (Phi) is 3.58. The summed E-state index contributed by atoms with van der Waals surface area (Å²) in [6, 6.07) is 3.59. The highest BCUT2D eigenvalue weighted by Gasteiger charge is 2.18. The number of halogens is 1. The van der Waals surface area contributed by atoms with E-state index in [1.807, 2.05) is 35.6 Å². The first-order chi connectivity index (χ1) is 6.06. The van der Waals surface area contributed by atoms with Crippen LogP contribution in [-0.2, 0) is 0 Å². The summed E-state index contributed by atoms with van der Waals surface area (Å²) < 4.78 is 5.82. The Morgan fingerprint density at radius 3 is 2.46 bits per heavy atom. The average Bonchev–Trinajstić information content (AvgIpc) is 2.08. The molecule has 0 aliphatic heterocycles. The Labute approximate surface area is 91.0 Å². The number of rotatable bonds is 2. The third-order valence-corrected chi connectivity index (χ3v) is 2.86. The Hall–Kier alpha value is -0.265. The highest BCUT2D eigenvalue weighted by atomic mass is 127. The lowest BCUT2D eigenvalue weighted by atomic mass is 9.79. The second kappa shape index (κ2) is 4.30. The van der Waals surface area contributed by atoms with Crippen LogP contribution in [0.1, 0.15) is 5.56 Å². The molecule has 1 aromatic carbocycles. The molecule has 13 heavy (non-hydrogen) atoms. The van der Waals surface area contributed by atoms with Gasteiger partial charge in [-0.3, -0.25) is 0 Å². The van der Waals surface area contributed by atoms with Crippen molar-refractivity contribution in [2.45, 2.75) is 6.92 Å². The summed E-state index contributed by atoms with van der Waals surface area (Å²) in [5.74, 6) is 0.670. The normalized spacial score (nSPS) is 9.92. The minimum absolute atomic E-state index is 0.484. The lowest BCUT2D eigenvalue weighted by Gasteiger charge is -2.09. The molecule has 0 heterocycles. The largest absolute Gasteiger partial charge is 0.496 e. The molecule has 5 heteroatoms. The predicted molar refractivity (Wildman–Crippen MR) is 60.3 cm³/mol. The molecule has 1 aromatic rings. The van der Waals surface area contributed by atoms with Gasteiger partial charge in [0.05, 0.1) is 10.7 Å². The first-order valence-electron chi connectivity index (χ1n) is 3.76. The van der Waals surface area contributed by atoms with Gasteiger partial charge in [-0.15, -0.1) is 0 Å². The van der Waals surface area contributed by atoms with Crippen molar-refractivity contribution in [3.8, 4) is 5.75 Å². The van der Waals surface area contributed by atoms with E-state index in [0.717, 1.165) is 9.13 Å². The van der Waals surface area contributed by atoms with Crippen LogP contribution in [0.5, 0.6) is 5.75 Å². The summed E-state index contributed by atoms with van der Waals surface area (Å²) in [6.07, 6.45) is 0. The number of hydrogen-bond acceptors (Lipinski definition) is 3. The van der Waals surface area contributed by atoms with E-state index < -0.39 is 7.12 Å². The molecule has 70 valence electrons. The molecule has 0 spiro atoms. The van der Waals surface area contributed by atoms with Crippen LogP contribution in [0.3, 0.4) is 0 Å². The lowest BCUT2D eigenvalue weighted by molar-refractivity contribution is 0.408. The van der Waals surface area contributed by atoms with Gasteiger partial charge in [-0.1, -0.05) is 6.07 Å². The van der Waals surface area contributed by atoms with Gasteiger partial charge < -0.3 is 14.8 Å². The number of aryl methyl sites for hydroxylation is 1. The standard InChI is InChI=1S/C8H10BIO3/c1-5-3-6(9(11)12)8(10)7(4-5)13-2/h3-4,11-12H,1-2H3. The maximum absolute atomic E-state index is 9.04. The zero-order valence-corrected chi connectivity index (χ0v) is 9.57. The van der Waals surface area contributed by atoms with E-state index in [1.165, 1.54) is 0 Å². The molecule has 0 aliphatic rings. The van der Waals surface area contributed by atoms with E-state index in [1.54, 1.807) is 13.2 Å². The molecule has 0 saturated carbocycles. The molecule has 2 N–H and O–H groups in total. The molecular formula is C8H10BIO3. The molecule has 0 atom stereocenters. The van der Waals surface area contributed by atoms with Gasteiger partial charge >= 0.3 is 7.12 Å². The summed E-state index contributed by atoms with van der Waals surface area (Å²) in [5.41, 5.74) is 1.43. The molecule has 3 nitrogen and oxygen atoms in total. The van der Waals surface area contributed by atoms with Gasteiger partial charge in [0.1, 0.15) is 5.75 Å². The van der Waals surface area contributed by atoms with Crippen molar-refractivity contribution in [2.24, 2.45) is 0 Å². The van der Waals surface area contributed by atoms with E-state index in [2.05, 4.69) is 0 Å². The zero-order chi connectivity index (χ0) is 10.0. The Morgan fingerprint density at radius 1 is 1.38 bits per heavy atom. The fraction of sp³-hybridized carbons (Fsp3) is 0.250. The van der Waals surface area contributed by atoms with Crippen LogP contribution in [0, 0.1) is 10.5 Å². The SMILES string of the molecule is COc1cc(C)cc(B(O)O)c1I. The molecule has 0 bridgehead atoms. The van der Waals surface area contributed by atoms with E-state index in [9.17, 15) is 0 Å². The van der Waals surface area contributed by atoms with E-state index in [-0.39, 0.29) is 0 Å². The van der Waals surface area contributed by atoms with Crippen molar-refractivity contribution < 1.29 is 14.8 Å². The highest BCUT2D eigenvalue weighted by Crippen LogP contribution is 2.20. The molecule has 0 aromatic heterocycles. The predicted octanol–water partition coefficient (Wildman–Crippen LogP) is 0.288. The van der Waals surface area contributed by atoms with Gasteiger partial charge in [0.25, 0.3) is 0 Å². The maximum atomic E-state index is 9.04. The smallest absolute Gasteiger partial charge is 0.489 e. The summed E-state index contributed by atoms with van der Waals surface area (Å²) in [6.45, 7) is 1.88. The van der Waals surface area contributed by atoms with Crippen molar-refractivity contribution in [1.82, 2.24) is 0 Å².